The molecule has 0 saturated carbocycles. The third-order valence-corrected chi connectivity index (χ3v) is 2.88. The molecule has 0 unspecified atom stereocenters. The van der Waals surface area contributed by atoms with Gasteiger partial charge in [0.2, 0.25) is 0 Å². The van der Waals surface area contributed by atoms with Crippen molar-refractivity contribution in [1.29, 1.82) is 0 Å². The summed E-state index contributed by atoms with van der Waals surface area (Å²) in [6, 6.07) is 6.12. The van der Waals surface area contributed by atoms with E-state index in [1.807, 2.05) is 19.1 Å². The zero-order valence-corrected chi connectivity index (χ0v) is 11.6. The van der Waals surface area contributed by atoms with E-state index in [1.165, 1.54) is 3.57 Å². The summed E-state index contributed by atoms with van der Waals surface area (Å²) in [5.74, 6) is 0.934. The van der Waals surface area contributed by atoms with Crippen molar-refractivity contribution in [2.75, 3.05) is 6.61 Å². The quantitative estimate of drug-likeness (QED) is 0.554. The smallest absolute Gasteiger partial charge is 0.133 e. The van der Waals surface area contributed by atoms with E-state index in [0.717, 1.165) is 14.9 Å². The van der Waals surface area contributed by atoms with E-state index in [4.69, 9.17) is 4.74 Å². The van der Waals surface area contributed by atoms with E-state index in [9.17, 15) is 0 Å². The van der Waals surface area contributed by atoms with Crippen molar-refractivity contribution in [3.63, 3.8) is 0 Å². The van der Waals surface area contributed by atoms with Crippen LogP contribution in [-0.2, 0) is 0 Å². The van der Waals surface area contributed by atoms with Gasteiger partial charge in [-0.3, -0.25) is 0 Å². The average Bonchev–Trinajstić information content (AvgIpc) is 2.02. The van der Waals surface area contributed by atoms with Gasteiger partial charge in [0.05, 0.1) is 3.57 Å². The number of benzene rings is 1. The predicted octanol–water partition coefficient (Wildman–Crippen LogP) is 3.85. The van der Waals surface area contributed by atoms with Crippen molar-refractivity contribution in [2.24, 2.45) is 0 Å². The number of hydrogen-bond donors (Lipinski definition) is 0. The van der Waals surface area contributed by atoms with Crippen LogP contribution in [0, 0.1) is 7.14 Å². The molecule has 0 radical (unpaired) electrons. The summed E-state index contributed by atoms with van der Waals surface area (Å²) in [5.41, 5.74) is 1.04. The van der Waals surface area contributed by atoms with Gasteiger partial charge in [0.1, 0.15) is 12.4 Å². The first-order chi connectivity index (χ1) is 6.09. The van der Waals surface area contributed by atoms with Gasteiger partial charge < -0.3 is 4.74 Å². The lowest BCUT2D eigenvalue weighted by Crippen LogP contribution is -1.99. The second kappa shape index (κ2) is 5.19. The summed E-state index contributed by atoms with van der Waals surface area (Å²) in [6.07, 6.45) is 0. The molecule has 0 saturated heterocycles. The van der Waals surface area contributed by atoms with Gasteiger partial charge in [-0.05, 0) is 75.9 Å². The van der Waals surface area contributed by atoms with Crippen LogP contribution in [0.25, 0.3) is 0 Å². The van der Waals surface area contributed by atoms with Crippen molar-refractivity contribution in [3.05, 3.63) is 37.5 Å². The summed E-state index contributed by atoms with van der Waals surface area (Å²) in [4.78, 5) is 0. The Kier molecular flexibility index (Phi) is 4.51. The van der Waals surface area contributed by atoms with Crippen LogP contribution in [0.1, 0.15) is 6.92 Å². The molecule has 0 spiro atoms. The molecule has 0 aliphatic carbocycles. The van der Waals surface area contributed by atoms with Crippen LogP contribution in [0.3, 0.4) is 0 Å². The zero-order valence-electron chi connectivity index (χ0n) is 7.31. The second-order valence-corrected chi connectivity index (χ2v) is 5.23. The molecule has 0 fully saturated rings. The predicted molar refractivity (Wildman–Crippen MR) is 72.2 cm³/mol. The molecule has 1 aromatic rings. The van der Waals surface area contributed by atoms with E-state index in [2.05, 4.69) is 57.8 Å². The maximum absolute atomic E-state index is 5.54. The normalized spacial score (nSPS) is 9.77. The van der Waals surface area contributed by atoms with Crippen molar-refractivity contribution < 1.29 is 4.74 Å². The highest BCUT2D eigenvalue weighted by atomic mass is 127. The molecule has 0 aliphatic heterocycles. The first-order valence-electron chi connectivity index (χ1n) is 3.82. The van der Waals surface area contributed by atoms with Crippen molar-refractivity contribution in [3.8, 4) is 5.75 Å². The largest absolute Gasteiger partial charge is 0.488 e. The lowest BCUT2D eigenvalue weighted by molar-refractivity contribution is 0.350. The SMILES string of the molecule is C=C(C)COc1ccc(I)cc1I. The van der Waals surface area contributed by atoms with E-state index >= 15 is 0 Å². The van der Waals surface area contributed by atoms with Gasteiger partial charge in [0.15, 0.2) is 0 Å². The van der Waals surface area contributed by atoms with Crippen molar-refractivity contribution >= 4 is 45.2 Å². The highest BCUT2D eigenvalue weighted by Gasteiger charge is 2.00. The zero-order chi connectivity index (χ0) is 9.84. The molecule has 0 aromatic heterocycles. The monoisotopic (exact) mass is 400 g/mol. The standard InChI is InChI=1S/C10H10I2O/c1-7(2)6-13-10-4-3-8(11)5-9(10)12/h3-5H,1,6H2,2H3. The topological polar surface area (TPSA) is 9.23 Å². The summed E-state index contributed by atoms with van der Waals surface area (Å²) < 4.78 is 7.91. The fraction of sp³-hybridized carbons (Fsp3) is 0.200. The number of rotatable bonds is 3. The summed E-state index contributed by atoms with van der Waals surface area (Å²) in [6.45, 7) is 6.34. The van der Waals surface area contributed by atoms with Gasteiger partial charge in [0.25, 0.3) is 0 Å². The molecule has 3 heteroatoms. The van der Waals surface area contributed by atoms with E-state index in [-0.39, 0.29) is 0 Å². The molecule has 0 heterocycles. The molecule has 13 heavy (non-hydrogen) atoms. The summed E-state index contributed by atoms with van der Waals surface area (Å²) >= 11 is 4.56. The van der Waals surface area contributed by atoms with Gasteiger partial charge in [0, 0.05) is 3.57 Å². The Morgan fingerprint density at radius 1 is 1.46 bits per heavy atom. The minimum absolute atomic E-state index is 0.594. The van der Waals surface area contributed by atoms with E-state index < -0.39 is 0 Å². The summed E-state index contributed by atoms with van der Waals surface area (Å²) in [7, 11) is 0. The second-order valence-electron chi connectivity index (χ2n) is 2.82. The summed E-state index contributed by atoms with van der Waals surface area (Å²) in [5, 5.41) is 0. The Bertz CT molecular complexity index is 321. The third kappa shape index (κ3) is 3.84. The van der Waals surface area contributed by atoms with Crippen LogP contribution < -0.4 is 4.74 Å². The van der Waals surface area contributed by atoms with Gasteiger partial charge in [-0.2, -0.15) is 0 Å². The molecular formula is C10H10I2O. The molecule has 1 rings (SSSR count). The first-order valence-corrected chi connectivity index (χ1v) is 5.97. The fourth-order valence-electron chi connectivity index (χ4n) is 0.793. The maximum atomic E-state index is 5.54. The van der Waals surface area contributed by atoms with Gasteiger partial charge >= 0.3 is 0 Å². The molecule has 1 aromatic carbocycles. The molecular weight excluding hydrogens is 390 g/mol. The number of hydrogen-bond acceptors (Lipinski definition) is 1. The molecule has 1 nitrogen and oxygen atoms in total. The first kappa shape index (κ1) is 11.3. The van der Waals surface area contributed by atoms with E-state index in [0.29, 0.717) is 6.61 Å². The third-order valence-electron chi connectivity index (χ3n) is 1.37. The fourth-order valence-corrected chi connectivity index (χ4v) is 2.55. The Morgan fingerprint density at radius 3 is 2.69 bits per heavy atom. The minimum Gasteiger partial charge on any atom is -0.488 e. The van der Waals surface area contributed by atoms with Crippen LogP contribution >= 0.6 is 45.2 Å². The lowest BCUT2D eigenvalue weighted by atomic mass is 10.3. The molecule has 0 aliphatic rings. The van der Waals surface area contributed by atoms with Crippen molar-refractivity contribution in [1.82, 2.24) is 0 Å². The highest BCUT2D eigenvalue weighted by molar-refractivity contribution is 14.1. The van der Waals surface area contributed by atoms with Gasteiger partial charge in [-0.15, -0.1) is 0 Å². The molecule has 0 amide bonds. The van der Waals surface area contributed by atoms with Crippen LogP contribution in [0.15, 0.2) is 30.4 Å². The Hall–Kier alpha value is 0.220. The van der Waals surface area contributed by atoms with Crippen LogP contribution in [0.2, 0.25) is 0 Å². The Labute approximate surface area is 106 Å². The average molecular weight is 400 g/mol. The molecule has 0 atom stereocenters. The molecule has 70 valence electrons. The van der Waals surface area contributed by atoms with Gasteiger partial charge in [-0.25, -0.2) is 0 Å². The lowest BCUT2D eigenvalue weighted by Gasteiger charge is -2.07. The Balaban J connectivity index is 2.72. The molecule has 0 bridgehead atoms. The van der Waals surface area contributed by atoms with Crippen LogP contribution in [0.5, 0.6) is 5.75 Å². The Morgan fingerprint density at radius 2 is 2.15 bits per heavy atom. The van der Waals surface area contributed by atoms with Crippen molar-refractivity contribution in [2.45, 2.75) is 6.92 Å². The number of halogens is 2. The van der Waals surface area contributed by atoms with Crippen LogP contribution in [0.4, 0.5) is 0 Å². The number of ether oxygens (including phenoxy) is 1. The van der Waals surface area contributed by atoms with Gasteiger partial charge in [-0.1, -0.05) is 6.58 Å². The maximum Gasteiger partial charge on any atom is 0.133 e. The molecule has 0 N–H and O–H groups in total. The minimum atomic E-state index is 0.594. The van der Waals surface area contributed by atoms with Crippen LogP contribution in [-0.4, -0.2) is 6.61 Å². The van der Waals surface area contributed by atoms with E-state index in [1.54, 1.807) is 0 Å². The highest BCUT2D eigenvalue weighted by Crippen LogP contribution is 2.23.